The van der Waals surface area contributed by atoms with Gasteiger partial charge in [-0.05, 0) is 37.3 Å². The summed E-state index contributed by atoms with van der Waals surface area (Å²) < 4.78 is 6.06. The van der Waals surface area contributed by atoms with Gasteiger partial charge in [-0.2, -0.15) is 0 Å². The monoisotopic (exact) mass is 246 g/mol. The van der Waals surface area contributed by atoms with Crippen molar-refractivity contribution in [3.8, 4) is 5.75 Å². The Hall–Kier alpha value is -1.31. The van der Waals surface area contributed by atoms with Crippen LogP contribution in [0.4, 0.5) is 0 Å². The number of ether oxygens (including phenoxy) is 1. The first-order valence-electron chi connectivity index (χ1n) is 6.99. The molecule has 0 aromatic heterocycles. The number of rotatable bonds is 4. The minimum Gasteiger partial charge on any atom is -0.490 e. The lowest BCUT2D eigenvalue weighted by atomic mass is 9.88. The molecule has 0 spiro atoms. The second kappa shape index (κ2) is 6.03. The summed E-state index contributed by atoms with van der Waals surface area (Å²) in [7, 11) is 0. The molecule has 1 aliphatic rings. The molecule has 0 radical (unpaired) electrons. The van der Waals surface area contributed by atoms with Crippen LogP contribution in [0.3, 0.4) is 0 Å². The highest BCUT2D eigenvalue weighted by atomic mass is 16.5. The summed E-state index contributed by atoms with van der Waals surface area (Å²) in [5.74, 6) is 1.66. The van der Waals surface area contributed by atoms with E-state index in [1.165, 1.54) is 12.8 Å². The third-order valence-corrected chi connectivity index (χ3v) is 3.69. The Labute approximate surface area is 109 Å². The van der Waals surface area contributed by atoms with Crippen LogP contribution in [0.1, 0.15) is 56.3 Å². The normalized spacial score (nSPS) is 23.7. The van der Waals surface area contributed by atoms with Crippen molar-refractivity contribution < 1.29 is 9.53 Å². The van der Waals surface area contributed by atoms with E-state index >= 15 is 0 Å². The lowest BCUT2D eigenvalue weighted by molar-refractivity contribution is 0.0969. The highest BCUT2D eigenvalue weighted by Gasteiger charge is 2.21. The van der Waals surface area contributed by atoms with Gasteiger partial charge in [0.25, 0.3) is 0 Å². The van der Waals surface area contributed by atoms with Crippen LogP contribution in [-0.4, -0.2) is 11.9 Å². The number of ketones is 1. The summed E-state index contributed by atoms with van der Waals surface area (Å²) in [5.41, 5.74) is 0.734. The van der Waals surface area contributed by atoms with E-state index in [1.807, 2.05) is 31.2 Å². The molecule has 0 aliphatic heterocycles. The molecule has 0 saturated heterocycles. The number of benzene rings is 1. The summed E-state index contributed by atoms with van der Waals surface area (Å²) in [6, 6.07) is 7.63. The molecule has 2 rings (SSSR count). The second-order valence-corrected chi connectivity index (χ2v) is 5.28. The van der Waals surface area contributed by atoms with Crippen molar-refractivity contribution in [1.29, 1.82) is 0 Å². The number of carbonyl (C=O) groups is 1. The largest absolute Gasteiger partial charge is 0.490 e. The fourth-order valence-electron chi connectivity index (χ4n) is 2.66. The molecule has 0 N–H and O–H groups in total. The molecule has 98 valence electrons. The molecule has 0 heterocycles. The van der Waals surface area contributed by atoms with Crippen LogP contribution in [0.25, 0.3) is 0 Å². The van der Waals surface area contributed by atoms with Crippen molar-refractivity contribution in [3.05, 3.63) is 29.8 Å². The Morgan fingerprint density at radius 1 is 1.33 bits per heavy atom. The third kappa shape index (κ3) is 3.12. The minimum atomic E-state index is 0.162. The maximum Gasteiger partial charge on any atom is 0.166 e. The van der Waals surface area contributed by atoms with Gasteiger partial charge < -0.3 is 4.74 Å². The molecule has 0 bridgehead atoms. The number of carbonyl (C=O) groups excluding carboxylic acids is 1. The fraction of sp³-hybridized carbons (Fsp3) is 0.562. The highest BCUT2D eigenvalue weighted by molar-refractivity contribution is 5.98. The predicted molar refractivity (Wildman–Crippen MR) is 73.1 cm³/mol. The average molecular weight is 246 g/mol. The van der Waals surface area contributed by atoms with Gasteiger partial charge in [-0.15, -0.1) is 0 Å². The number of hydrogen-bond donors (Lipinski definition) is 0. The quantitative estimate of drug-likeness (QED) is 0.743. The number of hydrogen-bond acceptors (Lipinski definition) is 2. The Morgan fingerprint density at radius 3 is 2.83 bits per heavy atom. The molecule has 18 heavy (non-hydrogen) atoms. The summed E-state index contributed by atoms with van der Waals surface area (Å²) in [4.78, 5) is 11.9. The summed E-state index contributed by atoms with van der Waals surface area (Å²) >= 11 is 0. The third-order valence-electron chi connectivity index (χ3n) is 3.69. The zero-order chi connectivity index (χ0) is 13.0. The van der Waals surface area contributed by atoms with Crippen LogP contribution in [0, 0.1) is 5.92 Å². The zero-order valence-corrected chi connectivity index (χ0v) is 11.3. The van der Waals surface area contributed by atoms with Crippen LogP contribution in [-0.2, 0) is 0 Å². The maximum absolute atomic E-state index is 11.9. The SMILES string of the molecule is CCC(=O)c1ccccc1OC1CCCC(C)C1. The summed E-state index contributed by atoms with van der Waals surface area (Å²) in [6.45, 7) is 4.17. The van der Waals surface area contributed by atoms with E-state index in [-0.39, 0.29) is 11.9 Å². The molecule has 1 saturated carbocycles. The molecule has 2 unspecified atom stereocenters. The van der Waals surface area contributed by atoms with Gasteiger partial charge in [0.15, 0.2) is 5.78 Å². The van der Waals surface area contributed by atoms with E-state index < -0.39 is 0 Å². The van der Waals surface area contributed by atoms with Crippen LogP contribution in [0.2, 0.25) is 0 Å². The lowest BCUT2D eigenvalue weighted by Crippen LogP contribution is -2.24. The van der Waals surface area contributed by atoms with Gasteiger partial charge in [-0.3, -0.25) is 4.79 Å². The van der Waals surface area contributed by atoms with Crippen molar-refractivity contribution >= 4 is 5.78 Å². The first-order chi connectivity index (χ1) is 8.70. The fourth-order valence-corrected chi connectivity index (χ4v) is 2.66. The first kappa shape index (κ1) is 13.1. The number of Topliss-reactive ketones (excluding diaryl/α,β-unsaturated/α-hetero) is 1. The minimum absolute atomic E-state index is 0.162. The molecule has 1 fully saturated rings. The van der Waals surface area contributed by atoms with E-state index in [9.17, 15) is 4.79 Å². The van der Waals surface area contributed by atoms with E-state index in [4.69, 9.17) is 4.74 Å². The van der Waals surface area contributed by atoms with Crippen molar-refractivity contribution in [2.24, 2.45) is 5.92 Å². The lowest BCUT2D eigenvalue weighted by Gasteiger charge is -2.28. The molecule has 2 heteroatoms. The molecular weight excluding hydrogens is 224 g/mol. The van der Waals surface area contributed by atoms with Gasteiger partial charge in [0.1, 0.15) is 5.75 Å². The molecule has 1 aliphatic carbocycles. The molecule has 0 amide bonds. The average Bonchev–Trinajstić information content (AvgIpc) is 2.38. The van der Waals surface area contributed by atoms with Crippen molar-refractivity contribution in [2.45, 2.75) is 52.1 Å². The standard InChI is InChI=1S/C16H22O2/c1-3-15(17)14-9-4-5-10-16(14)18-13-8-6-7-12(2)11-13/h4-5,9-10,12-13H,3,6-8,11H2,1-2H3. The highest BCUT2D eigenvalue weighted by Crippen LogP contribution is 2.29. The van der Waals surface area contributed by atoms with Gasteiger partial charge >= 0.3 is 0 Å². The van der Waals surface area contributed by atoms with Gasteiger partial charge in [0.05, 0.1) is 11.7 Å². The van der Waals surface area contributed by atoms with E-state index in [0.717, 1.165) is 30.1 Å². The molecule has 2 nitrogen and oxygen atoms in total. The molecular formula is C16H22O2. The Kier molecular flexibility index (Phi) is 4.40. The van der Waals surface area contributed by atoms with E-state index in [0.29, 0.717) is 6.42 Å². The van der Waals surface area contributed by atoms with Crippen LogP contribution < -0.4 is 4.74 Å². The Bertz CT molecular complexity index is 411. The smallest absolute Gasteiger partial charge is 0.166 e. The Balaban J connectivity index is 2.10. The molecule has 2 atom stereocenters. The number of para-hydroxylation sites is 1. The zero-order valence-electron chi connectivity index (χ0n) is 11.3. The maximum atomic E-state index is 11.9. The topological polar surface area (TPSA) is 26.3 Å². The van der Waals surface area contributed by atoms with Crippen LogP contribution >= 0.6 is 0 Å². The van der Waals surface area contributed by atoms with Crippen molar-refractivity contribution in [2.75, 3.05) is 0 Å². The Morgan fingerprint density at radius 2 is 2.11 bits per heavy atom. The van der Waals surface area contributed by atoms with Gasteiger partial charge in [0.2, 0.25) is 0 Å². The van der Waals surface area contributed by atoms with Crippen LogP contribution in [0.15, 0.2) is 24.3 Å². The van der Waals surface area contributed by atoms with E-state index in [1.54, 1.807) is 0 Å². The molecule has 1 aromatic rings. The van der Waals surface area contributed by atoms with Gasteiger partial charge in [-0.25, -0.2) is 0 Å². The van der Waals surface area contributed by atoms with Gasteiger partial charge in [-0.1, -0.05) is 32.4 Å². The van der Waals surface area contributed by atoms with E-state index in [2.05, 4.69) is 6.92 Å². The summed E-state index contributed by atoms with van der Waals surface area (Å²) in [6.07, 6.45) is 5.56. The van der Waals surface area contributed by atoms with Crippen molar-refractivity contribution in [3.63, 3.8) is 0 Å². The van der Waals surface area contributed by atoms with Crippen LogP contribution in [0.5, 0.6) is 5.75 Å². The summed E-state index contributed by atoms with van der Waals surface area (Å²) in [5, 5.41) is 0. The first-order valence-corrected chi connectivity index (χ1v) is 6.99. The van der Waals surface area contributed by atoms with Crippen molar-refractivity contribution in [1.82, 2.24) is 0 Å². The molecule has 1 aromatic carbocycles. The predicted octanol–water partition coefficient (Wildman–Crippen LogP) is 4.24. The second-order valence-electron chi connectivity index (χ2n) is 5.28. The van der Waals surface area contributed by atoms with Gasteiger partial charge in [0, 0.05) is 6.42 Å².